The number of nitrogens with one attached hydrogen (secondary N) is 1. The van der Waals surface area contributed by atoms with Crippen molar-refractivity contribution in [1.82, 2.24) is 5.32 Å². The van der Waals surface area contributed by atoms with Gasteiger partial charge in [-0.1, -0.05) is 42.5 Å². The fourth-order valence-corrected chi connectivity index (χ4v) is 1.80. The highest BCUT2D eigenvalue weighted by Crippen LogP contribution is 2.04. The van der Waals surface area contributed by atoms with Crippen LogP contribution in [0.2, 0.25) is 0 Å². The van der Waals surface area contributed by atoms with E-state index in [4.69, 9.17) is 14.2 Å². The van der Waals surface area contributed by atoms with Crippen LogP contribution in [-0.2, 0) is 23.8 Å². The number of benzene rings is 1. The van der Waals surface area contributed by atoms with Crippen LogP contribution in [0.3, 0.4) is 0 Å². The highest BCUT2D eigenvalue weighted by molar-refractivity contribution is 5.85. The number of hydrogen-bond acceptors (Lipinski definition) is 5. The number of methoxy groups -OCH3 is 2. The first-order valence-electron chi connectivity index (χ1n) is 7.32. The maximum absolute atomic E-state index is 11.8. The van der Waals surface area contributed by atoms with Gasteiger partial charge in [-0.15, -0.1) is 0 Å². The maximum Gasteiger partial charge on any atom is 0.328 e. The Balaban J connectivity index is 2.47. The van der Waals surface area contributed by atoms with Gasteiger partial charge in [-0.05, 0) is 12.0 Å². The molecule has 0 saturated carbocycles. The predicted molar refractivity (Wildman–Crippen MR) is 86.7 cm³/mol. The average molecular weight is 321 g/mol. The van der Waals surface area contributed by atoms with E-state index in [-0.39, 0.29) is 12.5 Å². The molecule has 0 heterocycles. The molecule has 0 fully saturated rings. The minimum absolute atomic E-state index is 0.126. The maximum atomic E-state index is 11.8. The van der Waals surface area contributed by atoms with Gasteiger partial charge in [0.2, 0.25) is 5.91 Å². The number of amides is 1. The normalized spacial score (nSPS) is 12.1. The molecule has 6 nitrogen and oxygen atoms in total. The molecule has 0 radical (unpaired) electrons. The lowest BCUT2D eigenvalue weighted by atomic mass is 10.1. The third-order valence-corrected chi connectivity index (χ3v) is 2.97. The lowest BCUT2D eigenvalue weighted by molar-refractivity contribution is -0.145. The third-order valence-electron chi connectivity index (χ3n) is 2.97. The van der Waals surface area contributed by atoms with E-state index in [1.165, 1.54) is 7.11 Å². The van der Waals surface area contributed by atoms with Gasteiger partial charge in [0.1, 0.15) is 12.6 Å². The number of hydrogen-bond donors (Lipinski definition) is 1. The largest absolute Gasteiger partial charge is 0.467 e. The second-order valence-electron chi connectivity index (χ2n) is 4.74. The molecule has 0 saturated heterocycles. The standard InChI is InChI=1S/C17H23NO5/c1-21-11-12-23-13-16(19)18-15(17(20)22-2)10-6-9-14-7-4-3-5-8-14/h3-9,15H,10-13H2,1-2H3,(H,18,19)/b9-6+/t15-/m1/s1. The number of esters is 1. The topological polar surface area (TPSA) is 73.9 Å². The summed E-state index contributed by atoms with van der Waals surface area (Å²) < 4.78 is 14.6. The summed E-state index contributed by atoms with van der Waals surface area (Å²) in [6.07, 6.45) is 4.05. The van der Waals surface area contributed by atoms with E-state index >= 15 is 0 Å². The van der Waals surface area contributed by atoms with E-state index in [9.17, 15) is 9.59 Å². The van der Waals surface area contributed by atoms with E-state index in [0.29, 0.717) is 19.6 Å². The molecule has 0 aliphatic rings. The van der Waals surface area contributed by atoms with E-state index in [0.717, 1.165) is 5.56 Å². The molecule has 0 aliphatic heterocycles. The molecule has 0 unspecified atom stereocenters. The van der Waals surface area contributed by atoms with Crippen molar-refractivity contribution in [2.24, 2.45) is 0 Å². The molecule has 1 N–H and O–H groups in total. The van der Waals surface area contributed by atoms with Gasteiger partial charge in [0, 0.05) is 7.11 Å². The molecule has 23 heavy (non-hydrogen) atoms. The predicted octanol–water partition coefficient (Wildman–Crippen LogP) is 1.41. The van der Waals surface area contributed by atoms with Crippen LogP contribution in [0, 0.1) is 0 Å². The van der Waals surface area contributed by atoms with Gasteiger partial charge in [0.15, 0.2) is 0 Å². The molecule has 1 aromatic carbocycles. The van der Waals surface area contributed by atoms with Gasteiger partial charge in [-0.2, -0.15) is 0 Å². The molecule has 0 bridgehead atoms. The molecule has 1 aromatic rings. The van der Waals surface area contributed by atoms with Crippen LogP contribution in [0.5, 0.6) is 0 Å². The fraction of sp³-hybridized carbons (Fsp3) is 0.412. The summed E-state index contributed by atoms with van der Waals surface area (Å²) in [5.41, 5.74) is 1.02. The third kappa shape index (κ3) is 8.13. The van der Waals surface area contributed by atoms with Crippen LogP contribution < -0.4 is 5.32 Å². The molecule has 1 atom stereocenters. The summed E-state index contributed by atoms with van der Waals surface area (Å²) in [7, 11) is 2.84. The van der Waals surface area contributed by atoms with Crippen LogP contribution in [0.1, 0.15) is 12.0 Å². The summed E-state index contributed by atoms with van der Waals surface area (Å²) in [5, 5.41) is 2.60. The van der Waals surface area contributed by atoms with Gasteiger partial charge in [0.25, 0.3) is 0 Å². The van der Waals surface area contributed by atoms with Crippen LogP contribution in [-0.4, -0.2) is 52.0 Å². The number of ether oxygens (including phenoxy) is 3. The Labute approximate surface area is 136 Å². The summed E-state index contributed by atoms with van der Waals surface area (Å²) in [4.78, 5) is 23.5. The first-order chi connectivity index (χ1) is 11.2. The van der Waals surface area contributed by atoms with Crippen molar-refractivity contribution in [3.05, 3.63) is 42.0 Å². The Morgan fingerprint density at radius 2 is 1.91 bits per heavy atom. The number of carbonyl (C=O) groups is 2. The summed E-state index contributed by atoms with van der Waals surface area (Å²) >= 11 is 0. The Morgan fingerprint density at radius 1 is 1.17 bits per heavy atom. The SMILES string of the molecule is COCCOCC(=O)N[C@H](C/C=C/c1ccccc1)C(=O)OC. The van der Waals surface area contributed by atoms with Crippen molar-refractivity contribution in [2.75, 3.05) is 34.0 Å². The van der Waals surface area contributed by atoms with Gasteiger partial charge in [-0.3, -0.25) is 4.79 Å². The minimum Gasteiger partial charge on any atom is -0.467 e. The van der Waals surface area contributed by atoms with Crippen molar-refractivity contribution < 1.29 is 23.8 Å². The first kappa shape index (κ1) is 18.9. The van der Waals surface area contributed by atoms with Gasteiger partial charge in [0.05, 0.1) is 20.3 Å². The van der Waals surface area contributed by atoms with Crippen molar-refractivity contribution >= 4 is 18.0 Å². The molecule has 126 valence electrons. The zero-order valence-electron chi connectivity index (χ0n) is 13.5. The second kappa shape index (κ2) is 11.4. The molecule has 0 aliphatic carbocycles. The van der Waals surface area contributed by atoms with E-state index in [1.807, 2.05) is 42.5 Å². The molecular weight excluding hydrogens is 298 g/mol. The molecule has 0 spiro atoms. The van der Waals surface area contributed by atoms with E-state index in [2.05, 4.69) is 5.32 Å². The molecule has 0 aromatic heterocycles. The minimum atomic E-state index is -0.738. The highest BCUT2D eigenvalue weighted by atomic mass is 16.5. The zero-order chi connectivity index (χ0) is 16.9. The number of carbonyl (C=O) groups excluding carboxylic acids is 2. The lowest BCUT2D eigenvalue weighted by Gasteiger charge is -2.15. The monoisotopic (exact) mass is 321 g/mol. The average Bonchev–Trinajstić information content (AvgIpc) is 2.58. The summed E-state index contributed by atoms with van der Waals surface area (Å²) in [6, 6.07) is 8.95. The van der Waals surface area contributed by atoms with Gasteiger partial charge >= 0.3 is 5.97 Å². The van der Waals surface area contributed by atoms with E-state index in [1.54, 1.807) is 7.11 Å². The summed E-state index contributed by atoms with van der Waals surface area (Å²) in [6.45, 7) is 0.605. The molecule has 1 amide bonds. The van der Waals surface area contributed by atoms with Crippen molar-refractivity contribution in [3.63, 3.8) is 0 Å². The lowest BCUT2D eigenvalue weighted by Crippen LogP contribution is -2.42. The smallest absolute Gasteiger partial charge is 0.328 e. The van der Waals surface area contributed by atoms with Crippen molar-refractivity contribution in [1.29, 1.82) is 0 Å². The molecule has 6 heteroatoms. The number of rotatable bonds is 10. The van der Waals surface area contributed by atoms with Gasteiger partial charge in [-0.25, -0.2) is 4.79 Å². The van der Waals surface area contributed by atoms with Crippen LogP contribution in [0.4, 0.5) is 0 Å². The molecule has 1 rings (SSSR count). The zero-order valence-corrected chi connectivity index (χ0v) is 13.5. The van der Waals surface area contributed by atoms with Crippen LogP contribution >= 0.6 is 0 Å². The first-order valence-corrected chi connectivity index (χ1v) is 7.32. The quantitative estimate of drug-likeness (QED) is 0.521. The Bertz CT molecular complexity index is 501. The van der Waals surface area contributed by atoms with Gasteiger partial charge < -0.3 is 19.5 Å². The Hall–Kier alpha value is -2.18. The fourth-order valence-electron chi connectivity index (χ4n) is 1.80. The Morgan fingerprint density at radius 3 is 2.57 bits per heavy atom. The van der Waals surface area contributed by atoms with Crippen LogP contribution in [0.15, 0.2) is 36.4 Å². The van der Waals surface area contributed by atoms with Crippen molar-refractivity contribution in [2.45, 2.75) is 12.5 Å². The highest BCUT2D eigenvalue weighted by Gasteiger charge is 2.19. The van der Waals surface area contributed by atoms with Crippen molar-refractivity contribution in [3.8, 4) is 0 Å². The summed E-state index contributed by atoms with van der Waals surface area (Å²) in [5.74, 6) is -0.863. The van der Waals surface area contributed by atoms with Crippen LogP contribution in [0.25, 0.3) is 6.08 Å². The molecular formula is C17H23NO5. The van der Waals surface area contributed by atoms with E-state index < -0.39 is 12.0 Å². The second-order valence-corrected chi connectivity index (χ2v) is 4.74. The Kier molecular flexibility index (Phi) is 9.35.